The molecule has 0 rings (SSSR count). The van der Waals surface area contributed by atoms with Gasteiger partial charge in [0, 0.05) is 12.8 Å². The van der Waals surface area contributed by atoms with Crippen LogP contribution in [-0.2, 0) is 14.3 Å². The third kappa shape index (κ3) is 31.3. The van der Waals surface area contributed by atoms with Gasteiger partial charge in [0.1, 0.15) is 0 Å². The van der Waals surface area contributed by atoms with Crippen LogP contribution < -0.4 is 0 Å². The molecule has 0 aromatic carbocycles. The van der Waals surface area contributed by atoms with Gasteiger partial charge in [-0.25, -0.2) is 0 Å². The molecule has 0 heterocycles. The van der Waals surface area contributed by atoms with Gasteiger partial charge in [-0.3, -0.25) is 9.59 Å². The average molecular weight is 523 g/mol. The fraction of sp³-hybridized carbons (Fsp3) is 0.941. The Hall–Kier alpha value is -0.860. The lowest BCUT2D eigenvalue weighted by atomic mass is 10.0. The summed E-state index contributed by atoms with van der Waals surface area (Å²) < 4.78 is 5.00. The molecule has 0 saturated carbocycles. The van der Waals surface area contributed by atoms with Gasteiger partial charge in [-0.1, -0.05) is 181 Å². The minimum absolute atomic E-state index is 0.325. The van der Waals surface area contributed by atoms with Crippen LogP contribution in [0.2, 0.25) is 0 Å². The van der Waals surface area contributed by atoms with Crippen molar-refractivity contribution in [3.05, 3.63) is 0 Å². The molecule has 0 unspecified atom stereocenters. The first kappa shape index (κ1) is 36.1. The quantitative estimate of drug-likeness (QED) is 0.0535. The van der Waals surface area contributed by atoms with Crippen LogP contribution in [0.4, 0.5) is 0 Å². The number of carbonyl (C=O) groups excluding carboxylic acids is 2. The highest BCUT2D eigenvalue weighted by atomic mass is 16.6. The summed E-state index contributed by atoms with van der Waals surface area (Å²) >= 11 is 0. The van der Waals surface area contributed by atoms with Crippen molar-refractivity contribution in [1.29, 1.82) is 0 Å². The number of unbranched alkanes of at least 4 members (excludes halogenated alkanes) is 26. The Bertz CT molecular complexity index is 474. The number of esters is 2. The Morgan fingerprint density at radius 1 is 0.324 bits per heavy atom. The van der Waals surface area contributed by atoms with Gasteiger partial charge < -0.3 is 4.74 Å². The normalized spacial score (nSPS) is 11.2. The van der Waals surface area contributed by atoms with Gasteiger partial charge in [0.25, 0.3) is 0 Å². The zero-order valence-corrected chi connectivity index (χ0v) is 25.4. The van der Waals surface area contributed by atoms with Gasteiger partial charge >= 0.3 is 11.9 Å². The first-order valence-electron chi connectivity index (χ1n) is 16.9. The zero-order chi connectivity index (χ0) is 27.1. The summed E-state index contributed by atoms with van der Waals surface area (Å²) in [6.45, 7) is 4.55. The van der Waals surface area contributed by atoms with E-state index in [4.69, 9.17) is 4.74 Å². The molecule has 0 spiro atoms. The molecule has 220 valence electrons. The molecule has 0 aromatic heterocycles. The van der Waals surface area contributed by atoms with E-state index in [-0.39, 0.29) is 11.9 Å². The Balaban J connectivity index is 3.28. The van der Waals surface area contributed by atoms with Crippen LogP contribution in [0.3, 0.4) is 0 Å². The van der Waals surface area contributed by atoms with Crippen LogP contribution >= 0.6 is 0 Å². The van der Waals surface area contributed by atoms with Crippen molar-refractivity contribution < 1.29 is 14.3 Å². The SMILES string of the molecule is CCCCCCCCCCCCCCCCCC(=O)OC(=O)CCCCCCCCCCCCCCC. The largest absolute Gasteiger partial charge is 0.393 e. The summed E-state index contributed by atoms with van der Waals surface area (Å²) in [5.41, 5.74) is 0. The van der Waals surface area contributed by atoms with Crippen LogP contribution in [0.1, 0.15) is 206 Å². The molecule has 0 bridgehead atoms. The summed E-state index contributed by atoms with van der Waals surface area (Å²) in [6.07, 6.45) is 37.2. The first-order valence-corrected chi connectivity index (χ1v) is 16.9. The van der Waals surface area contributed by atoms with Gasteiger partial charge in [-0.15, -0.1) is 0 Å². The minimum Gasteiger partial charge on any atom is -0.393 e. The number of ether oxygens (including phenoxy) is 1. The first-order chi connectivity index (χ1) is 18.2. The molecule has 0 aliphatic heterocycles. The Morgan fingerprint density at radius 2 is 0.514 bits per heavy atom. The smallest absolute Gasteiger partial charge is 0.313 e. The van der Waals surface area contributed by atoms with Crippen molar-refractivity contribution in [3.8, 4) is 0 Å². The zero-order valence-electron chi connectivity index (χ0n) is 25.4. The van der Waals surface area contributed by atoms with Crippen LogP contribution in [0, 0.1) is 0 Å². The monoisotopic (exact) mass is 523 g/mol. The summed E-state index contributed by atoms with van der Waals surface area (Å²) in [5.74, 6) is -0.650. The lowest BCUT2D eigenvalue weighted by Crippen LogP contribution is -2.11. The van der Waals surface area contributed by atoms with Crippen molar-refractivity contribution in [2.45, 2.75) is 206 Å². The topological polar surface area (TPSA) is 43.4 Å². The number of carbonyl (C=O) groups is 2. The van der Waals surface area contributed by atoms with E-state index in [0.717, 1.165) is 25.7 Å². The maximum Gasteiger partial charge on any atom is 0.313 e. The summed E-state index contributed by atoms with van der Waals surface area (Å²) in [5, 5.41) is 0. The Morgan fingerprint density at radius 3 is 0.730 bits per heavy atom. The van der Waals surface area contributed by atoms with Gasteiger partial charge in [0.05, 0.1) is 0 Å². The molecular weight excluding hydrogens is 456 g/mol. The molecule has 0 N–H and O–H groups in total. The third-order valence-electron chi connectivity index (χ3n) is 7.70. The van der Waals surface area contributed by atoms with Gasteiger partial charge in [-0.2, -0.15) is 0 Å². The second-order valence-electron chi connectivity index (χ2n) is 11.5. The summed E-state index contributed by atoms with van der Waals surface area (Å²) in [4.78, 5) is 23.8. The third-order valence-corrected chi connectivity index (χ3v) is 7.70. The van der Waals surface area contributed by atoms with E-state index >= 15 is 0 Å². The lowest BCUT2D eigenvalue weighted by Gasteiger charge is -2.05. The molecule has 3 heteroatoms. The number of hydrogen-bond acceptors (Lipinski definition) is 3. The molecule has 0 aromatic rings. The van der Waals surface area contributed by atoms with Crippen molar-refractivity contribution in [3.63, 3.8) is 0 Å². The summed E-state index contributed by atoms with van der Waals surface area (Å²) in [7, 11) is 0. The Labute approximate surface area is 232 Å². The highest BCUT2D eigenvalue weighted by Gasteiger charge is 2.09. The van der Waals surface area contributed by atoms with E-state index in [1.54, 1.807) is 0 Å². The summed E-state index contributed by atoms with van der Waals surface area (Å²) in [6, 6.07) is 0. The van der Waals surface area contributed by atoms with E-state index in [1.165, 1.54) is 154 Å². The molecular formula is C34H66O3. The molecule has 0 atom stereocenters. The Kier molecular flexibility index (Phi) is 30.6. The van der Waals surface area contributed by atoms with Crippen molar-refractivity contribution in [2.24, 2.45) is 0 Å². The van der Waals surface area contributed by atoms with Crippen LogP contribution in [0.15, 0.2) is 0 Å². The van der Waals surface area contributed by atoms with Crippen LogP contribution in [-0.4, -0.2) is 11.9 Å². The molecule has 0 amide bonds. The highest BCUT2D eigenvalue weighted by Crippen LogP contribution is 2.15. The van der Waals surface area contributed by atoms with Gasteiger partial charge in [-0.05, 0) is 12.8 Å². The second-order valence-corrected chi connectivity index (χ2v) is 11.5. The molecule has 3 nitrogen and oxygen atoms in total. The molecule has 0 saturated heterocycles. The van der Waals surface area contributed by atoms with Crippen molar-refractivity contribution in [1.82, 2.24) is 0 Å². The van der Waals surface area contributed by atoms with Crippen LogP contribution in [0.25, 0.3) is 0 Å². The number of rotatable bonds is 30. The van der Waals surface area contributed by atoms with E-state index in [2.05, 4.69) is 13.8 Å². The standard InChI is InChI=1S/C34H66O3/c1-3-5-7-9-11-13-15-17-18-20-22-24-26-28-30-32-34(36)37-33(35)31-29-27-25-23-21-19-16-14-12-10-8-6-4-2/h3-32H2,1-2H3. The van der Waals surface area contributed by atoms with Gasteiger partial charge in [0.15, 0.2) is 0 Å². The molecule has 0 radical (unpaired) electrons. The van der Waals surface area contributed by atoms with E-state index in [9.17, 15) is 9.59 Å². The van der Waals surface area contributed by atoms with E-state index in [0.29, 0.717) is 12.8 Å². The van der Waals surface area contributed by atoms with Crippen LogP contribution in [0.5, 0.6) is 0 Å². The maximum atomic E-state index is 11.9. The fourth-order valence-corrected chi connectivity index (χ4v) is 5.16. The minimum atomic E-state index is -0.325. The average Bonchev–Trinajstić information content (AvgIpc) is 2.89. The predicted molar refractivity (Wildman–Crippen MR) is 161 cm³/mol. The van der Waals surface area contributed by atoms with Gasteiger partial charge in [0.2, 0.25) is 0 Å². The maximum absolute atomic E-state index is 11.9. The number of hydrogen-bond donors (Lipinski definition) is 0. The van der Waals surface area contributed by atoms with E-state index in [1.807, 2.05) is 0 Å². The molecule has 0 fully saturated rings. The predicted octanol–water partition coefficient (Wildman–Crippen LogP) is 11.8. The van der Waals surface area contributed by atoms with Crippen molar-refractivity contribution in [2.75, 3.05) is 0 Å². The molecule has 0 aliphatic rings. The van der Waals surface area contributed by atoms with Crippen molar-refractivity contribution >= 4 is 11.9 Å². The second kappa shape index (κ2) is 31.4. The van der Waals surface area contributed by atoms with E-state index < -0.39 is 0 Å². The molecule has 37 heavy (non-hydrogen) atoms. The highest BCUT2D eigenvalue weighted by molar-refractivity contribution is 5.85. The lowest BCUT2D eigenvalue weighted by molar-refractivity contribution is -0.159. The fourth-order valence-electron chi connectivity index (χ4n) is 5.16. The molecule has 0 aliphatic carbocycles.